The van der Waals surface area contributed by atoms with Crippen LogP contribution in [0.15, 0.2) is 130 Å². The number of primary sulfonamides is 1. The zero-order valence-corrected chi connectivity index (χ0v) is 25.6. The van der Waals surface area contributed by atoms with Crippen molar-refractivity contribution >= 4 is 27.3 Å². The Labute approximate surface area is 261 Å². The summed E-state index contributed by atoms with van der Waals surface area (Å²) in [6, 6.07) is 35.6. The molecule has 5 aromatic rings. The standard InChI is InChI=1S/C18H18N2O3S.C16H14ClNO2/c1-2-6-16-17(13-9-11-15(12-10-13)24(19,21)22)18(20-23-16)14-7-4-3-5-8-14;17-11-16(19)14(12-7-3-1-4-8-12)15(18-20-16)13-9-5-2-6-10-13/h3-5,7-12H,2,6H2,1H3,(H2,19,21,22);1-10,14,19H,11H2. The van der Waals surface area contributed by atoms with E-state index in [1.165, 1.54) is 12.1 Å². The lowest BCUT2D eigenvalue weighted by Gasteiger charge is -2.26. The molecule has 6 rings (SSSR count). The number of hydrogen-bond acceptors (Lipinski definition) is 7. The maximum Gasteiger partial charge on any atom is 0.260 e. The summed E-state index contributed by atoms with van der Waals surface area (Å²) in [6.07, 6.45) is 1.68. The Hall–Kier alpha value is -4.28. The summed E-state index contributed by atoms with van der Waals surface area (Å²) in [6.45, 7) is 2.07. The van der Waals surface area contributed by atoms with Gasteiger partial charge < -0.3 is 14.5 Å². The summed E-state index contributed by atoms with van der Waals surface area (Å²) in [4.78, 5) is 5.32. The maximum atomic E-state index is 11.4. The molecule has 0 spiro atoms. The van der Waals surface area contributed by atoms with Gasteiger partial charge in [-0.2, -0.15) is 0 Å². The van der Waals surface area contributed by atoms with Crippen molar-refractivity contribution in [1.82, 2.24) is 5.16 Å². The molecule has 4 aromatic carbocycles. The molecular weight excluding hydrogens is 598 g/mol. The van der Waals surface area contributed by atoms with Gasteiger partial charge in [0.2, 0.25) is 10.0 Å². The van der Waals surface area contributed by atoms with Gasteiger partial charge in [0.1, 0.15) is 17.2 Å². The number of aryl methyl sites for hydroxylation is 1. The molecule has 0 amide bonds. The van der Waals surface area contributed by atoms with Gasteiger partial charge in [-0.25, -0.2) is 13.6 Å². The van der Waals surface area contributed by atoms with Gasteiger partial charge in [0.15, 0.2) is 0 Å². The van der Waals surface area contributed by atoms with Crippen molar-refractivity contribution in [3.63, 3.8) is 0 Å². The second-order valence-corrected chi connectivity index (χ2v) is 12.1. The van der Waals surface area contributed by atoms with Gasteiger partial charge in [-0.1, -0.05) is 120 Å². The number of benzene rings is 4. The van der Waals surface area contributed by atoms with Crippen molar-refractivity contribution in [1.29, 1.82) is 0 Å². The van der Waals surface area contributed by atoms with E-state index in [1.807, 2.05) is 91.0 Å². The van der Waals surface area contributed by atoms with Crippen molar-refractivity contribution in [2.75, 3.05) is 5.88 Å². The monoisotopic (exact) mass is 629 g/mol. The predicted molar refractivity (Wildman–Crippen MR) is 172 cm³/mol. The summed E-state index contributed by atoms with van der Waals surface area (Å²) < 4.78 is 28.4. The third-order valence-corrected chi connectivity index (χ3v) is 8.49. The van der Waals surface area contributed by atoms with Crippen molar-refractivity contribution < 1.29 is 22.9 Å². The lowest BCUT2D eigenvalue weighted by molar-refractivity contribution is -0.176. The van der Waals surface area contributed by atoms with Crippen molar-refractivity contribution in [3.8, 4) is 22.4 Å². The van der Waals surface area contributed by atoms with Gasteiger partial charge in [-0.05, 0) is 29.7 Å². The number of alkyl halides is 1. The van der Waals surface area contributed by atoms with Crippen LogP contribution in [0, 0.1) is 0 Å². The molecule has 0 bridgehead atoms. The molecule has 0 fully saturated rings. The molecule has 226 valence electrons. The van der Waals surface area contributed by atoms with Crippen LogP contribution in [0.1, 0.15) is 36.1 Å². The van der Waals surface area contributed by atoms with Gasteiger partial charge >= 0.3 is 0 Å². The molecule has 0 saturated carbocycles. The second-order valence-electron chi connectivity index (χ2n) is 10.3. The third-order valence-electron chi connectivity index (χ3n) is 7.18. The van der Waals surface area contributed by atoms with E-state index in [0.717, 1.165) is 52.1 Å². The van der Waals surface area contributed by atoms with Crippen molar-refractivity contribution in [2.45, 2.75) is 36.4 Å². The first-order valence-electron chi connectivity index (χ1n) is 14.1. The van der Waals surface area contributed by atoms with E-state index in [9.17, 15) is 13.5 Å². The maximum absolute atomic E-state index is 11.4. The molecule has 2 heterocycles. The van der Waals surface area contributed by atoms with E-state index in [2.05, 4.69) is 17.2 Å². The molecule has 44 heavy (non-hydrogen) atoms. The Kier molecular flexibility index (Phi) is 9.61. The number of halogens is 1. The lowest BCUT2D eigenvalue weighted by atomic mass is 9.84. The number of nitrogens with zero attached hydrogens (tertiary/aromatic N) is 2. The van der Waals surface area contributed by atoms with E-state index < -0.39 is 21.7 Å². The highest BCUT2D eigenvalue weighted by Gasteiger charge is 2.48. The first-order valence-corrected chi connectivity index (χ1v) is 16.1. The first kappa shape index (κ1) is 31.2. The second kappa shape index (κ2) is 13.6. The average molecular weight is 630 g/mol. The number of aromatic nitrogens is 1. The van der Waals surface area contributed by atoms with Crippen molar-refractivity contribution in [3.05, 3.63) is 132 Å². The van der Waals surface area contributed by atoms with Crippen LogP contribution >= 0.6 is 11.6 Å². The first-order chi connectivity index (χ1) is 21.2. The number of sulfonamides is 1. The molecule has 2 unspecified atom stereocenters. The summed E-state index contributed by atoms with van der Waals surface area (Å²) >= 11 is 5.90. The summed E-state index contributed by atoms with van der Waals surface area (Å²) in [5.74, 6) is -1.16. The van der Waals surface area contributed by atoms with Crippen LogP contribution in [0.25, 0.3) is 22.4 Å². The van der Waals surface area contributed by atoms with Crippen LogP contribution in [-0.4, -0.2) is 36.1 Å². The van der Waals surface area contributed by atoms with E-state index >= 15 is 0 Å². The van der Waals surface area contributed by atoms with Crippen LogP contribution in [0.2, 0.25) is 0 Å². The minimum atomic E-state index is -3.71. The van der Waals surface area contributed by atoms with Crippen molar-refractivity contribution in [2.24, 2.45) is 10.3 Å². The fraction of sp³-hybridized carbons (Fsp3) is 0.176. The molecule has 2 atom stereocenters. The Morgan fingerprint density at radius 1 is 0.841 bits per heavy atom. The molecule has 10 heteroatoms. The topological polar surface area (TPSA) is 128 Å². The van der Waals surface area contributed by atoms with Crippen LogP contribution in [0.4, 0.5) is 0 Å². The minimum absolute atomic E-state index is 0.0492. The van der Waals surface area contributed by atoms with E-state index in [4.69, 9.17) is 26.1 Å². The SMILES string of the molecule is CCCc1onc(-c2ccccc2)c1-c1ccc(S(N)(=O)=O)cc1.OC1(CCl)ON=C(c2ccccc2)C1c1ccccc1. The molecule has 3 N–H and O–H groups in total. The molecular formula is C34H32ClN3O5S. The number of hydrogen-bond donors (Lipinski definition) is 2. The van der Waals surface area contributed by atoms with Gasteiger partial charge in [0.25, 0.3) is 5.79 Å². The molecule has 1 aliphatic heterocycles. The summed E-state index contributed by atoms with van der Waals surface area (Å²) in [5.41, 5.74) is 5.99. The molecule has 0 radical (unpaired) electrons. The van der Waals surface area contributed by atoms with Gasteiger partial charge in [0, 0.05) is 17.5 Å². The van der Waals surface area contributed by atoms with E-state index in [0.29, 0.717) is 5.71 Å². The van der Waals surface area contributed by atoms with Crippen LogP contribution < -0.4 is 5.14 Å². The predicted octanol–water partition coefficient (Wildman–Crippen LogP) is 6.74. The highest BCUT2D eigenvalue weighted by Crippen LogP contribution is 2.39. The highest BCUT2D eigenvalue weighted by molar-refractivity contribution is 7.89. The molecule has 1 aliphatic rings. The van der Waals surface area contributed by atoms with Gasteiger partial charge in [-0.15, -0.1) is 11.6 Å². The Morgan fingerprint density at radius 3 is 1.95 bits per heavy atom. The van der Waals surface area contributed by atoms with Gasteiger partial charge in [-0.3, -0.25) is 0 Å². The number of rotatable bonds is 8. The van der Waals surface area contributed by atoms with Crippen LogP contribution in [0.3, 0.4) is 0 Å². The quantitative estimate of drug-likeness (QED) is 0.183. The molecule has 8 nitrogen and oxygen atoms in total. The molecule has 0 saturated heterocycles. The molecule has 0 aliphatic carbocycles. The normalized spacial score (nSPS) is 17.7. The fourth-order valence-electron chi connectivity index (χ4n) is 5.06. The van der Waals surface area contributed by atoms with E-state index in [1.54, 1.807) is 12.1 Å². The smallest absolute Gasteiger partial charge is 0.260 e. The highest BCUT2D eigenvalue weighted by atomic mass is 35.5. The zero-order chi connectivity index (χ0) is 31.2. The van der Waals surface area contributed by atoms with Gasteiger partial charge in [0.05, 0.1) is 22.3 Å². The minimum Gasteiger partial charge on any atom is -0.360 e. The summed E-state index contributed by atoms with van der Waals surface area (Å²) in [7, 11) is -3.71. The summed E-state index contributed by atoms with van der Waals surface area (Å²) in [5, 5.41) is 24.0. The van der Waals surface area contributed by atoms with Crippen LogP contribution in [-0.2, 0) is 21.3 Å². The fourth-order valence-corrected chi connectivity index (χ4v) is 5.78. The number of oxime groups is 1. The lowest BCUT2D eigenvalue weighted by Crippen LogP contribution is -2.39. The number of aliphatic hydroxyl groups is 1. The zero-order valence-electron chi connectivity index (χ0n) is 24.0. The molecule has 1 aromatic heterocycles. The average Bonchev–Trinajstić information content (AvgIpc) is 3.64. The largest absolute Gasteiger partial charge is 0.360 e. The van der Waals surface area contributed by atoms with Crippen LogP contribution in [0.5, 0.6) is 0 Å². The van der Waals surface area contributed by atoms with E-state index in [-0.39, 0.29) is 10.8 Å². The Balaban J connectivity index is 0.000000177. The third kappa shape index (κ3) is 6.76. The Morgan fingerprint density at radius 2 is 1.41 bits per heavy atom. The Bertz CT molecular complexity index is 1810. The number of nitrogens with two attached hydrogens (primary N) is 1.